The number of carbonyl (C=O) groups is 2. The first-order chi connectivity index (χ1) is 12.6. The molecule has 26 heavy (non-hydrogen) atoms. The molecule has 1 N–H and O–H groups in total. The topological polar surface area (TPSA) is 49.4 Å². The van der Waals surface area contributed by atoms with E-state index in [1.807, 2.05) is 48.5 Å². The second kappa shape index (κ2) is 6.76. The van der Waals surface area contributed by atoms with Gasteiger partial charge in [0.05, 0.1) is 0 Å². The average molecular weight is 369 g/mol. The predicted octanol–water partition coefficient (Wildman–Crippen LogP) is 3.37. The molecule has 134 valence electrons. The van der Waals surface area contributed by atoms with E-state index in [1.165, 1.54) is 5.56 Å². The van der Waals surface area contributed by atoms with E-state index in [0.717, 1.165) is 24.1 Å². The summed E-state index contributed by atoms with van der Waals surface area (Å²) in [5, 5.41) is 3.66. The molecule has 0 radical (unpaired) electrons. The molecule has 0 atom stereocenters. The number of amides is 2. The van der Waals surface area contributed by atoms with Gasteiger partial charge in [-0.2, -0.15) is 0 Å². The lowest BCUT2D eigenvalue weighted by molar-refractivity contribution is -0.135. The van der Waals surface area contributed by atoms with Crippen molar-refractivity contribution in [1.82, 2.24) is 5.32 Å². The number of nitrogens with zero attached hydrogens (tertiary/aromatic N) is 1. The first kappa shape index (κ1) is 17.1. The fourth-order valence-corrected chi connectivity index (χ4v) is 3.74. The fourth-order valence-electron chi connectivity index (χ4n) is 3.61. The quantitative estimate of drug-likeness (QED) is 0.822. The van der Waals surface area contributed by atoms with Gasteiger partial charge < -0.3 is 10.2 Å². The minimum atomic E-state index is -0.864. The summed E-state index contributed by atoms with van der Waals surface area (Å²) in [6.45, 7) is 1.18. The summed E-state index contributed by atoms with van der Waals surface area (Å²) in [5.74, 6) is -0.188. The minimum Gasteiger partial charge on any atom is -0.355 e. The number of halogens is 1. The molecule has 0 spiro atoms. The van der Waals surface area contributed by atoms with Gasteiger partial charge in [0.1, 0.15) is 5.41 Å². The molecular weight excluding hydrogens is 348 g/mol. The van der Waals surface area contributed by atoms with Gasteiger partial charge in [-0.05, 0) is 55.0 Å². The molecule has 0 unspecified atom stereocenters. The van der Waals surface area contributed by atoms with Gasteiger partial charge in [-0.1, -0.05) is 41.9 Å². The summed E-state index contributed by atoms with van der Waals surface area (Å²) in [7, 11) is 0. The van der Waals surface area contributed by atoms with Crippen LogP contribution < -0.4 is 10.2 Å². The number of fused-ring (bicyclic) bond motifs is 1. The predicted molar refractivity (Wildman–Crippen MR) is 102 cm³/mol. The maximum atomic E-state index is 13.1. The highest BCUT2D eigenvalue weighted by molar-refractivity contribution is 6.30. The summed E-state index contributed by atoms with van der Waals surface area (Å²) < 4.78 is 0. The monoisotopic (exact) mass is 368 g/mol. The summed E-state index contributed by atoms with van der Waals surface area (Å²) >= 11 is 5.89. The van der Waals surface area contributed by atoms with Crippen LogP contribution in [0.5, 0.6) is 0 Å². The molecule has 2 aliphatic rings. The maximum Gasteiger partial charge on any atom is 0.242 e. The molecule has 1 fully saturated rings. The molecule has 2 aromatic carbocycles. The molecule has 5 heteroatoms. The fraction of sp³-hybridized carbons (Fsp3) is 0.333. The van der Waals surface area contributed by atoms with E-state index in [4.69, 9.17) is 11.6 Å². The van der Waals surface area contributed by atoms with Crippen molar-refractivity contribution < 1.29 is 9.59 Å². The Kier molecular flexibility index (Phi) is 4.45. The van der Waals surface area contributed by atoms with Crippen molar-refractivity contribution in [2.24, 2.45) is 5.41 Å². The zero-order valence-electron chi connectivity index (χ0n) is 14.5. The van der Waals surface area contributed by atoms with Crippen LogP contribution in [0.1, 0.15) is 24.0 Å². The Morgan fingerprint density at radius 3 is 2.54 bits per heavy atom. The Morgan fingerprint density at radius 1 is 1.08 bits per heavy atom. The normalized spacial score (nSPS) is 16.9. The van der Waals surface area contributed by atoms with Crippen LogP contribution in [0.2, 0.25) is 5.02 Å². The molecule has 4 nitrogen and oxygen atoms in total. The SMILES string of the molecule is O=C(NCCc1ccc(Cl)cc1)C1(C(=O)N2CCc3ccccc32)CC1. The summed E-state index contributed by atoms with van der Waals surface area (Å²) in [5.41, 5.74) is 2.38. The third kappa shape index (κ3) is 3.10. The van der Waals surface area contributed by atoms with Gasteiger partial charge in [-0.25, -0.2) is 0 Å². The molecule has 1 heterocycles. The third-order valence-electron chi connectivity index (χ3n) is 5.34. The lowest BCUT2D eigenvalue weighted by Crippen LogP contribution is -2.45. The van der Waals surface area contributed by atoms with Crippen molar-refractivity contribution in [3.63, 3.8) is 0 Å². The van der Waals surface area contributed by atoms with Crippen LogP contribution in [0.3, 0.4) is 0 Å². The molecule has 1 saturated carbocycles. The average Bonchev–Trinajstić information content (AvgIpc) is 3.36. The third-order valence-corrected chi connectivity index (χ3v) is 5.59. The van der Waals surface area contributed by atoms with Crippen molar-refractivity contribution in [2.75, 3.05) is 18.0 Å². The van der Waals surface area contributed by atoms with Gasteiger partial charge in [0.15, 0.2) is 0 Å². The lowest BCUT2D eigenvalue weighted by atomic mass is 10.0. The molecule has 0 saturated heterocycles. The van der Waals surface area contributed by atoms with Gasteiger partial charge in [0.25, 0.3) is 0 Å². The molecule has 0 bridgehead atoms. The first-order valence-electron chi connectivity index (χ1n) is 9.03. The van der Waals surface area contributed by atoms with Crippen LogP contribution in [0.15, 0.2) is 48.5 Å². The summed E-state index contributed by atoms with van der Waals surface area (Å²) in [6, 6.07) is 15.5. The van der Waals surface area contributed by atoms with Crippen LogP contribution in [0, 0.1) is 5.41 Å². The number of nitrogens with one attached hydrogen (secondary N) is 1. The van der Waals surface area contributed by atoms with Crippen LogP contribution in [0.4, 0.5) is 5.69 Å². The second-order valence-electron chi connectivity index (χ2n) is 7.05. The molecule has 1 aliphatic heterocycles. The number of anilines is 1. The highest BCUT2D eigenvalue weighted by Crippen LogP contribution is 2.49. The van der Waals surface area contributed by atoms with Gasteiger partial charge >= 0.3 is 0 Å². The minimum absolute atomic E-state index is 0.0496. The van der Waals surface area contributed by atoms with E-state index < -0.39 is 5.41 Å². The number of rotatable bonds is 5. The highest BCUT2D eigenvalue weighted by Gasteiger charge is 2.58. The number of carbonyl (C=O) groups excluding carboxylic acids is 2. The molecule has 2 aromatic rings. The van der Waals surface area contributed by atoms with Gasteiger partial charge in [0, 0.05) is 23.8 Å². The van der Waals surface area contributed by atoms with Crippen molar-refractivity contribution in [3.8, 4) is 0 Å². The van der Waals surface area contributed by atoms with Crippen LogP contribution in [-0.2, 0) is 22.4 Å². The number of hydrogen-bond donors (Lipinski definition) is 1. The zero-order valence-corrected chi connectivity index (χ0v) is 15.3. The zero-order chi connectivity index (χ0) is 18.1. The van der Waals surface area contributed by atoms with Crippen LogP contribution in [0.25, 0.3) is 0 Å². The van der Waals surface area contributed by atoms with Crippen LogP contribution in [-0.4, -0.2) is 24.9 Å². The van der Waals surface area contributed by atoms with Gasteiger partial charge in [-0.15, -0.1) is 0 Å². The second-order valence-corrected chi connectivity index (χ2v) is 7.49. The Bertz CT molecular complexity index is 843. The van der Waals surface area contributed by atoms with Crippen molar-refractivity contribution in [1.29, 1.82) is 0 Å². The molecule has 0 aromatic heterocycles. The Labute approximate surface area is 158 Å². The Balaban J connectivity index is 1.38. The van der Waals surface area contributed by atoms with E-state index in [0.29, 0.717) is 31.0 Å². The van der Waals surface area contributed by atoms with Gasteiger partial charge in [0.2, 0.25) is 11.8 Å². The Morgan fingerprint density at radius 2 is 1.81 bits per heavy atom. The molecule has 2 amide bonds. The molecular formula is C21H21ClN2O2. The smallest absolute Gasteiger partial charge is 0.242 e. The van der Waals surface area contributed by atoms with Gasteiger partial charge in [-0.3, -0.25) is 9.59 Å². The van der Waals surface area contributed by atoms with E-state index in [-0.39, 0.29) is 11.8 Å². The molecule has 1 aliphatic carbocycles. The summed E-state index contributed by atoms with van der Waals surface area (Å²) in [6.07, 6.45) is 2.85. The van der Waals surface area contributed by atoms with E-state index in [9.17, 15) is 9.59 Å². The largest absolute Gasteiger partial charge is 0.355 e. The number of benzene rings is 2. The number of para-hydroxylation sites is 1. The number of hydrogen-bond acceptors (Lipinski definition) is 2. The Hall–Kier alpha value is -2.33. The molecule has 4 rings (SSSR count). The maximum absolute atomic E-state index is 13.1. The van der Waals surface area contributed by atoms with Crippen molar-refractivity contribution >= 4 is 29.1 Å². The van der Waals surface area contributed by atoms with Crippen LogP contribution >= 0.6 is 11.6 Å². The lowest BCUT2D eigenvalue weighted by Gasteiger charge is -2.23. The standard InChI is InChI=1S/C21H21ClN2O2/c22-17-7-5-15(6-8-17)9-13-23-19(25)21(11-12-21)20(26)24-14-10-16-3-1-2-4-18(16)24/h1-8H,9-14H2,(H,23,25). The summed E-state index contributed by atoms with van der Waals surface area (Å²) in [4.78, 5) is 27.5. The van der Waals surface area contributed by atoms with E-state index in [1.54, 1.807) is 4.90 Å². The van der Waals surface area contributed by atoms with Crippen molar-refractivity contribution in [2.45, 2.75) is 25.7 Å². The highest BCUT2D eigenvalue weighted by atomic mass is 35.5. The van der Waals surface area contributed by atoms with E-state index in [2.05, 4.69) is 5.32 Å². The van der Waals surface area contributed by atoms with E-state index >= 15 is 0 Å². The first-order valence-corrected chi connectivity index (χ1v) is 9.41. The van der Waals surface area contributed by atoms with Crippen molar-refractivity contribution in [3.05, 3.63) is 64.7 Å².